The minimum absolute atomic E-state index is 0.205. The van der Waals surface area contributed by atoms with Gasteiger partial charge in [-0.2, -0.15) is 0 Å². The first-order valence-corrected chi connectivity index (χ1v) is 9.65. The molecule has 3 unspecified atom stereocenters. The first-order chi connectivity index (χ1) is 10.5. The van der Waals surface area contributed by atoms with E-state index in [1.165, 1.54) is 25.7 Å². The molecule has 0 radical (unpaired) electrons. The van der Waals surface area contributed by atoms with Crippen molar-refractivity contribution >= 4 is 15.7 Å². The van der Waals surface area contributed by atoms with Crippen molar-refractivity contribution in [2.24, 2.45) is 11.1 Å². The second-order valence-electron chi connectivity index (χ2n) is 6.39. The molecule has 1 heterocycles. The number of nitrogens with one attached hydrogen (secondary N) is 1. The van der Waals surface area contributed by atoms with Crippen LogP contribution in [0.5, 0.6) is 0 Å². The Balaban J connectivity index is 1.90. The lowest BCUT2D eigenvalue weighted by Crippen LogP contribution is -2.36. The summed E-state index contributed by atoms with van der Waals surface area (Å²) in [5, 5.41) is 8.90. The fourth-order valence-corrected chi connectivity index (χ4v) is 4.30. The van der Waals surface area contributed by atoms with Crippen LogP contribution in [0.15, 0.2) is 35.2 Å². The van der Waals surface area contributed by atoms with Gasteiger partial charge in [0.25, 0.3) is 0 Å². The van der Waals surface area contributed by atoms with E-state index in [1.54, 1.807) is 12.1 Å². The average Bonchev–Trinajstić information content (AvgIpc) is 2.96. The monoisotopic (exact) mass is 320 g/mol. The van der Waals surface area contributed by atoms with Gasteiger partial charge >= 0.3 is 0 Å². The summed E-state index contributed by atoms with van der Waals surface area (Å²) < 4.78 is 23.2. The van der Waals surface area contributed by atoms with Gasteiger partial charge in [0.2, 0.25) is 10.0 Å². The predicted molar refractivity (Wildman–Crippen MR) is 89.4 cm³/mol. The van der Waals surface area contributed by atoms with Crippen LogP contribution in [-0.4, -0.2) is 14.5 Å². The molecule has 1 aliphatic carbocycles. The molecule has 3 atom stereocenters. The maximum atomic E-state index is 11.6. The number of nitrogens with two attached hydrogens (primary N) is 1. The zero-order valence-corrected chi connectivity index (χ0v) is 13.8. The van der Waals surface area contributed by atoms with Gasteiger partial charge in [-0.3, -0.25) is 0 Å². The largest absolute Gasteiger partial charge is 0.382 e. The molecule has 0 bridgehead atoms. The normalized spacial score (nSPS) is 26.4. The van der Waals surface area contributed by atoms with E-state index in [2.05, 4.69) is 24.4 Å². The molecule has 1 aliphatic heterocycles. The van der Waals surface area contributed by atoms with Gasteiger partial charge in [0.15, 0.2) is 0 Å². The maximum Gasteiger partial charge on any atom is 0.238 e. The number of allylic oxidation sites excluding steroid dienone is 2. The summed E-state index contributed by atoms with van der Waals surface area (Å²) in [6.45, 7) is 2.22. The van der Waals surface area contributed by atoms with Crippen LogP contribution in [0, 0.1) is 5.92 Å². The molecule has 2 aliphatic rings. The third-order valence-corrected chi connectivity index (χ3v) is 5.81. The van der Waals surface area contributed by atoms with Gasteiger partial charge in [0.1, 0.15) is 0 Å². The summed E-state index contributed by atoms with van der Waals surface area (Å²) in [5.41, 5.74) is 2.12. The number of hydrogen-bond donors (Lipinski definition) is 2. The van der Waals surface area contributed by atoms with Crippen molar-refractivity contribution in [3.05, 3.63) is 35.9 Å². The number of primary sulfonamides is 1. The van der Waals surface area contributed by atoms with Crippen LogP contribution in [0.4, 0.5) is 5.69 Å². The lowest BCUT2D eigenvalue weighted by molar-refractivity contribution is 0.386. The highest BCUT2D eigenvalue weighted by Crippen LogP contribution is 2.46. The molecule has 22 heavy (non-hydrogen) atoms. The van der Waals surface area contributed by atoms with Crippen LogP contribution in [0.2, 0.25) is 0 Å². The third-order valence-electron chi connectivity index (χ3n) is 4.90. The summed E-state index contributed by atoms with van der Waals surface area (Å²) >= 11 is 0. The number of rotatable bonds is 5. The zero-order valence-electron chi connectivity index (χ0n) is 13.0. The summed E-state index contributed by atoms with van der Waals surface area (Å²) in [7, 11) is -3.65. The van der Waals surface area contributed by atoms with Crippen LogP contribution < -0.4 is 10.5 Å². The molecular formula is C17H24N2O2S. The topological polar surface area (TPSA) is 72.2 Å². The van der Waals surface area contributed by atoms with Gasteiger partial charge in [0.05, 0.1) is 4.90 Å². The van der Waals surface area contributed by atoms with E-state index in [1.807, 2.05) is 6.07 Å². The molecule has 1 aromatic carbocycles. The van der Waals surface area contributed by atoms with Gasteiger partial charge in [-0.05, 0) is 42.5 Å². The molecule has 0 aromatic heterocycles. The van der Waals surface area contributed by atoms with Gasteiger partial charge in [-0.15, -0.1) is 0 Å². The van der Waals surface area contributed by atoms with Crippen LogP contribution in [0.25, 0.3) is 0 Å². The Kier molecular flexibility index (Phi) is 4.28. The molecule has 5 heteroatoms. The van der Waals surface area contributed by atoms with E-state index in [0.29, 0.717) is 17.9 Å². The highest BCUT2D eigenvalue weighted by Gasteiger charge is 2.37. The standard InChI is InChI=1S/C17H24N2O2S/c1-2-3-4-8-16-14-7-5-6-13(14)15-11-12(22(18,20)21)9-10-17(15)19-16/h5-6,9-11,13-14,16,19H,2-4,7-8H2,1H3,(H2,18,20,21). The van der Waals surface area contributed by atoms with E-state index in [-0.39, 0.29) is 4.90 Å². The zero-order chi connectivity index (χ0) is 15.7. The second-order valence-corrected chi connectivity index (χ2v) is 7.96. The lowest BCUT2D eigenvalue weighted by Gasteiger charge is -2.37. The number of benzene rings is 1. The van der Waals surface area contributed by atoms with Crippen LogP contribution in [0.3, 0.4) is 0 Å². The smallest absolute Gasteiger partial charge is 0.238 e. The van der Waals surface area contributed by atoms with E-state index in [4.69, 9.17) is 5.14 Å². The summed E-state index contributed by atoms with van der Waals surface area (Å²) in [6.07, 6.45) is 10.4. The van der Waals surface area contributed by atoms with Gasteiger partial charge in [-0.25, -0.2) is 13.6 Å². The van der Waals surface area contributed by atoms with Crippen molar-refractivity contribution in [3.63, 3.8) is 0 Å². The van der Waals surface area contributed by atoms with Crippen molar-refractivity contribution in [3.8, 4) is 0 Å². The number of fused-ring (bicyclic) bond motifs is 3. The fourth-order valence-electron chi connectivity index (χ4n) is 3.75. The Morgan fingerprint density at radius 1 is 1.32 bits per heavy atom. The Hall–Kier alpha value is -1.33. The molecular weight excluding hydrogens is 296 g/mol. The number of sulfonamides is 1. The van der Waals surface area contributed by atoms with E-state index >= 15 is 0 Å². The predicted octanol–water partition coefficient (Wildman–Crippen LogP) is 3.37. The minimum atomic E-state index is -3.65. The molecule has 4 nitrogen and oxygen atoms in total. The summed E-state index contributed by atoms with van der Waals surface area (Å²) in [5.74, 6) is 0.838. The van der Waals surface area contributed by atoms with Gasteiger partial charge in [0, 0.05) is 17.6 Å². The SMILES string of the molecule is CCCCCC1Nc2ccc(S(N)(=O)=O)cc2C2C=CCC12. The van der Waals surface area contributed by atoms with Crippen molar-refractivity contribution in [1.82, 2.24) is 0 Å². The Labute approximate surface area is 132 Å². The molecule has 3 rings (SSSR count). The van der Waals surface area contributed by atoms with Gasteiger partial charge in [-0.1, -0.05) is 38.3 Å². The third kappa shape index (κ3) is 2.92. The highest BCUT2D eigenvalue weighted by atomic mass is 32.2. The van der Waals surface area contributed by atoms with Gasteiger partial charge < -0.3 is 5.32 Å². The molecule has 0 saturated carbocycles. The Morgan fingerprint density at radius 3 is 2.86 bits per heavy atom. The van der Waals surface area contributed by atoms with Crippen molar-refractivity contribution in [2.45, 2.75) is 55.9 Å². The first kappa shape index (κ1) is 15.6. The molecule has 0 fully saturated rings. The average molecular weight is 320 g/mol. The second kappa shape index (κ2) is 6.05. The first-order valence-electron chi connectivity index (χ1n) is 8.10. The summed E-state index contributed by atoms with van der Waals surface area (Å²) in [6, 6.07) is 5.68. The Bertz CT molecular complexity index is 682. The molecule has 120 valence electrons. The van der Waals surface area contributed by atoms with E-state index < -0.39 is 10.0 Å². The van der Waals surface area contributed by atoms with Crippen molar-refractivity contribution in [1.29, 1.82) is 0 Å². The van der Waals surface area contributed by atoms with Crippen molar-refractivity contribution in [2.75, 3.05) is 5.32 Å². The number of unbranched alkanes of at least 4 members (excludes halogenated alkanes) is 2. The number of hydrogen-bond acceptors (Lipinski definition) is 3. The fraction of sp³-hybridized carbons (Fsp3) is 0.529. The highest BCUT2D eigenvalue weighted by molar-refractivity contribution is 7.89. The number of anilines is 1. The molecule has 3 N–H and O–H groups in total. The maximum absolute atomic E-state index is 11.6. The van der Waals surface area contributed by atoms with Crippen LogP contribution in [-0.2, 0) is 10.0 Å². The summed E-state index contributed by atoms with van der Waals surface area (Å²) in [4.78, 5) is 0.205. The minimum Gasteiger partial charge on any atom is -0.382 e. The van der Waals surface area contributed by atoms with Crippen molar-refractivity contribution < 1.29 is 8.42 Å². The van der Waals surface area contributed by atoms with Crippen LogP contribution >= 0.6 is 0 Å². The molecule has 1 aromatic rings. The molecule has 0 spiro atoms. The lowest BCUT2D eigenvalue weighted by atomic mass is 9.78. The molecule has 0 amide bonds. The molecule has 0 saturated heterocycles. The Morgan fingerprint density at radius 2 is 2.14 bits per heavy atom. The van der Waals surface area contributed by atoms with E-state index in [9.17, 15) is 8.42 Å². The van der Waals surface area contributed by atoms with E-state index in [0.717, 1.165) is 17.7 Å². The van der Waals surface area contributed by atoms with Crippen LogP contribution in [0.1, 0.15) is 50.5 Å². The quantitative estimate of drug-likeness (QED) is 0.645.